The molecule has 0 saturated carbocycles. The molecule has 3 rings (SSSR count). The summed E-state index contributed by atoms with van der Waals surface area (Å²) < 4.78 is 5.63. The van der Waals surface area contributed by atoms with Crippen molar-refractivity contribution in [3.05, 3.63) is 24.2 Å². The van der Waals surface area contributed by atoms with E-state index in [-0.39, 0.29) is 6.04 Å². The maximum absolute atomic E-state index is 6.11. The Morgan fingerprint density at radius 2 is 2.21 bits per heavy atom. The third-order valence-electron chi connectivity index (χ3n) is 5.31. The Balaban J connectivity index is 1.53. The van der Waals surface area contributed by atoms with Crippen molar-refractivity contribution in [3.63, 3.8) is 0 Å². The highest BCUT2D eigenvalue weighted by Crippen LogP contribution is 2.25. The van der Waals surface area contributed by atoms with E-state index in [0.717, 1.165) is 31.9 Å². The number of rotatable bonds is 7. The zero-order valence-corrected chi connectivity index (χ0v) is 14.8. The third kappa shape index (κ3) is 4.30. The van der Waals surface area contributed by atoms with E-state index in [1.165, 1.54) is 32.2 Å². The standard InChI is InChI=1S/C18H31N5O/c1-2-22-11-5-7-15(22)13-20-18(19)21-14-16(17-8-6-12-24-17)23-9-3-4-10-23/h6,8,12,15-16H,2-5,7,9-11,13-14H2,1H3,(H3,19,20,21). The van der Waals surface area contributed by atoms with E-state index in [1.807, 2.05) is 12.1 Å². The highest BCUT2D eigenvalue weighted by atomic mass is 16.3. The predicted octanol–water partition coefficient (Wildman–Crippen LogP) is 1.81. The molecule has 134 valence electrons. The molecular weight excluding hydrogens is 302 g/mol. The fraction of sp³-hybridized carbons (Fsp3) is 0.722. The van der Waals surface area contributed by atoms with Gasteiger partial charge in [-0.05, 0) is 64.0 Å². The van der Waals surface area contributed by atoms with Crippen molar-refractivity contribution in [1.29, 1.82) is 0 Å². The Morgan fingerprint density at radius 3 is 2.92 bits per heavy atom. The molecule has 2 aliphatic rings. The predicted molar refractivity (Wildman–Crippen MR) is 97.0 cm³/mol. The first-order chi connectivity index (χ1) is 11.8. The molecule has 6 nitrogen and oxygen atoms in total. The highest BCUT2D eigenvalue weighted by Gasteiger charge is 2.26. The molecule has 2 atom stereocenters. The van der Waals surface area contributed by atoms with Crippen LogP contribution >= 0.6 is 0 Å². The van der Waals surface area contributed by atoms with Gasteiger partial charge in [0.15, 0.2) is 5.96 Å². The lowest BCUT2D eigenvalue weighted by molar-refractivity contribution is 0.221. The van der Waals surface area contributed by atoms with Gasteiger partial charge >= 0.3 is 0 Å². The maximum atomic E-state index is 6.11. The Labute approximate surface area is 145 Å². The van der Waals surface area contributed by atoms with Gasteiger partial charge in [-0.2, -0.15) is 0 Å². The van der Waals surface area contributed by atoms with Crippen LogP contribution in [0.3, 0.4) is 0 Å². The zero-order valence-electron chi connectivity index (χ0n) is 14.8. The van der Waals surface area contributed by atoms with Crippen LogP contribution in [-0.4, -0.2) is 61.1 Å². The van der Waals surface area contributed by atoms with Gasteiger partial charge in [0.25, 0.3) is 0 Å². The van der Waals surface area contributed by atoms with Gasteiger partial charge in [0, 0.05) is 12.6 Å². The Bertz CT molecular complexity index is 509. The SMILES string of the molecule is CCN1CCCC1CNC(N)=NCC(c1ccco1)N1CCCC1. The van der Waals surface area contributed by atoms with Crippen molar-refractivity contribution in [1.82, 2.24) is 15.1 Å². The molecule has 1 aromatic heterocycles. The van der Waals surface area contributed by atoms with E-state index in [9.17, 15) is 0 Å². The molecule has 2 unspecified atom stereocenters. The second-order valence-corrected chi connectivity index (χ2v) is 6.81. The van der Waals surface area contributed by atoms with Crippen LogP contribution < -0.4 is 11.1 Å². The first-order valence-electron chi connectivity index (χ1n) is 9.33. The molecule has 0 bridgehead atoms. The van der Waals surface area contributed by atoms with E-state index in [1.54, 1.807) is 6.26 Å². The monoisotopic (exact) mass is 333 g/mol. The van der Waals surface area contributed by atoms with Gasteiger partial charge in [-0.1, -0.05) is 6.92 Å². The largest absolute Gasteiger partial charge is 0.468 e. The van der Waals surface area contributed by atoms with E-state index < -0.39 is 0 Å². The molecule has 24 heavy (non-hydrogen) atoms. The molecule has 3 N–H and O–H groups in total. The number of hydrogen-bond acceptors (Lipinski definition) is 4. The van der Waals surface area contributed by atoms with Crippen molar-refractivity contribution >= 4 is 5.96 Å². The molecule has 0 aromatic carbocycles. The van der Waals surface area contributed by atoms with Gasteiger partial charge in [-0.3, -0.25) is 14.8 Å². The third-order valence-corrected chi connectivity index (χ3v) is 5.31. The molecule has 2 fully saturated rings. The van der Waals surface area contributed by atoms with Crippen molar-refractivity contribution in [2.45, 2.75) is 44.7 Å². The Morgan fingerprint density at radius 1 is 1.38 bits per heavy atom. The highest BCUT2D eigenvalue weighted by molar-refractivity contribution is 5.77. The van der Waals surface area contributed by atoms with Gasteiger partial charge in [0.2, 0.25) is 0 Å². The summed E-state index contributed by atoms with van der Waals surface area (Å²) in [5, 5.41) is 3.32. The number of hydrogen-bond donors (Lipinski definition) is 2. The van der Waals surface area contributed by atoms with Crippen LogP contribution in [0.4, 0.5) is 0 Å². The molecule has 6 heteroatoms. The second kappa shape index (κ2) is 8.53. The van der Waals surface area contributed by atoms with E-state index >= 15 is 0 Å². The minimum atomic E-state index is 0.196. The van der Waals surface area contributed by atoms with Gasteiger partial charge < -0.3 is 15.5 Å². The average Bonchev–Trinajstić information content (AvgIpc) is 3.34. The Kier molecular flexibility index (Phi) is 6.15. The van der Waals surface area contributed by atoms with Crippen molar-refractivity contribution in [3.8, 4) is 0 Å². The molecule has 0 amide bonds. The van der Waals surface area contributed by atoms with Crippen LogP contribution in [0.2, 0.25) is 0 Å². The van der Waals surface area contributed by atoms with Crippen molar-refractivity contribution in [2.75, 3.05) is 39.3 Å². The number of nitrogens with zero attached hydrogens (tertiary/aromatic N) is 3. The number of guanidine groups is 1. The topological polar surface area (TPSA) is 70.0 Å². The fourth-order valence-corrected chi connectivity index (χ4v) is 3.93. The number of nitrogens with one attached hydrogen (secondary N) is 1. The van der Waals surface area contributed by atoms with E-state index in [4.69, 9.17) is 10.2 Å². The average molecular weight is 333 g/mol. The number of likely N-dealkylation sites (N-methyl/N-ethyl adjacent to an activating group) is 1. The van der Waals surface area contributed by atoms with E-state index in [0.29, 0.717) is 18.5 Å². The van der Waals surface area contributed by atoms with Gasteiger partial charge in [0.05, 0.1) is 18.8 Å². The molecule has 2 aliphatic heterocycles. The first kappa shape index (κ1) is 17.3. The summed E-state index contributed by atoms with van der Waals surface area (Å²) in [7, 11) is 0. The zero-order chi connectivity index (χ0) is 16.8. The minimum Gasteiger partial charge on any atom is -0.468 e. The molecule has 0 radical (unpaired) electrons. The lowest BCUT2D eigenvalue weighted by Gasteiger charge is -2.25. The Hall–Kier alpha value is -1.53. The number of aliphatic imine (C=N–C) groups is 1. The molecular formula is C18H31N5O. The molecule has 0 spiro atoms. The summed E-state index contributed by atoms with van der Waals surface area (Å²) in [5.74, 6) is 1.54. The lowest BCUT2D eigenvalue weighted by atomic mass is 10.2. The lowest BCUT2D eigenvalue weighted by Crippen LogP contribution is -2.43. The van der Waals surface area contributed by atoms with Crippen LogP contribution in [0.5, 0.6) is 0 Å². The summed E-state index contributed by atoms with van der Waals surface area (Å²) >= 11 is 0. The summed E-state index contributed by atoms with van der Waals surface area (Å²) in [5.41, 5.74) is 6.11. The molecule has 1 aromatic rings. The van der Waals surface area contributed by atoms with Crippen molar-refractivity contribution in [2.24, 2.45) is 10.7 Å². The number of likely N-dealkylation sites (tertiary alicyclic amines) is 2. The first-order valence-corrected chi connectivity index (χ1v) is 9.33. The smallest absolute Gasteiger partial charge is 0.188 e. The summed E-state index contributed by atoms with van der Waals surface area (Å²) in [6, 6.07) is 4.77. The van der Waals surface area contributed by atoms with Crippen LogP contribution in [-0.2, 0) is 0 Å². The van der Waals surface area contributed by atoms with Crippen LogP contribution in [0, 0.1) is 0 Å². The maximum Gasteiger partial charge on any atom is 0.188 e. The summed E-state index contributed by atoms with van der Waals surface area (Å²) in [4.78, 5) is 9.56. The fourth-order valence-electron chi connectivity index (χ4n) is 3.93. The molecule has 3 heterocycles. The summed E-state index contributed by atoms with van der Waals surface area (Å²) in [6.45, 7) is 8.30. The normalized spacial score (nSPS) is 24.5. The molecule has 2 saturated heterocycles. The second-order valence-electron chi connectivity index (χ2n) is 6.81. The van der Waals surface area contributed by atoms with Gasteiger partial charge in [-0.25, -0.2) is 0 Å². The van der Waals surface area contributed by atoms with Crippen LogP contribution in [0.1, 0.15) is 44.4 Å². The molecule has 0 aliphatic carbocycles. The number of nitrogens with two attached hydrogens (primary N) is 1. The minimum absolute atomic E-state index is 0.196. The van der Waals surface area contributed by atoms with Crippen LogP contribution in [0.15, 0.2) is 27.8 Å². The van der Waals surface area contributed by atoms with Crippen LogP contribution in [0.25, 0.3) is 0 Å². The van der Waals surface area contributed by atoms with Gasteiger partial charge in [0.1, 0.15) is 5.76 Å². The number of furan rings is 1. The van der Waals surface area contributed by atoms with Gasteiger partial charge in [-0.15, -0.1) is 0 Å². The van der Waals surface area contributed by atoms with E-state index in [2.05, 4.69) is 27.0 Å². The van der Waals surface area contributed by atoms with Crippen molar-refractivity contribution < 1.29 is 4.42 Å². The summed E-state index contributed by atoms with van der Waals surface area (Å²) in [6.07, 6.45) is 6.78. The quantitative estimate of drug-likeness (QED) is 0.588.